The lowest BCUT2D eigenvalue weighted by atomic mass is 9.95. The summed E-state index contributed by atoms with van der Waals surface area (Å²) >= 11 is 0. The first-order valence-corrected chi connectivity index (χ1v) is 3.62. The van der Waals surface area contributed by atoms with Crippen LogP contribution in [-0.4, -0.2) is 14.5 Å². The predicted molar refractivity (Wildman–Crippen MR) is 42.4 cm³/mol. The smallest absolute Gasteiger partial charge is 0.177 e. The highest BCUT2D eigenvalue weighted by Crippen LogP contribution is 2.12. The van der Waals surface area contributed by atoms with Crippen LogP contribution in [0.1, 0.15) is 27.2 Å². The second-order valence-electron chi connectivity index (χ2n) is 2.96. The van der Waals surface area contributed by atoms with Crippen LogP contribution in [0.4, 0.5) is 0 Å². The van der Waals surface area contributed by atoms with E-state index in [4.69, 9.17) is 7.98 Å². The van der Waals surface area contributed by atoms with Crippen LogP contribution in [0.3, 0.4) is 0 Å². The lowest BCUT2D eigenvalue weighted by Gasteiger charge is -2.14. The highest BCUT2D eigenvalue weighted by Gasteiger charge is 2.04. The minimum atomic E-state index is 0.776. The van der Waals surface area contributed by atoms with E-state index in [-0.39, 0.29) is 0 Å². The van der Waals surface area contributed by atoms with Crippen molar-refractivity contribution in [1.82, 2.24) is 5.23 Å². The van der Waals surface area contributed by atoms with E-state index in [1.165, 1.54) is 6.42 Å². The molecule has 0 rings (SSSR count). The topological polar surface area (TPSA) is 12.0 Å². The van der Waals surface area contributed by atoms with Crippen LogP contribution in [0, 0.1) is 11.8 Å². The average Bonchev–Trinajstić information content (AvgIpc) is 1.82. The maximum Gasteiger partial charge on any atom is 0.177 e. The molecule has 0 fully saturated rings. The van der Waals surface area contributed by atoms with Crippen molar-refractivity contribution in [2.75, 3.05) is 6.54 Å². The van der Waals surface area contributed by atoms with Crippen molar-refractivity contribution < 1.29 is 0 Å². The SMILES string of the molecule is [B]NCCC(C)C(C)C. The Morgan fingerprint density at radius 3 is 2.22 bits per heavy atom. The van der Waals surface area contributed by atoms with Crippen molar-refractivity contribution in [3.8, 4) is 0 Å². The fourth-order valence-electron chi connectivity index (χ4n) is 0.644. The molecule has 0 aromatic carbocycles. The summed E-state index contributed by atoms with van der Waals surface area (Å²) in [5.74, 6) is 1.55. The van der Waals surface area contributed by atoms with E-state index in [9.17, 15) is 0 Å². The molecule has 1 atom stereocenters. The van der Waals surface area contributed by atoms with Crippen molar-refractivity contribution in [3.05, 3.63) is 0 Å². The molecule has 2 radical (unpaired) electrons. The molecule has 0 amide bonds. The van der Waals surface area contributed by atoms with Gasteiger partial charge in [-0.3, -0.25) is 0 Å². The number of nitrogens with one attached hydrogen (secondary N) is 1. The van der Waals surface area contributed by atoms with Gasteiger partial charge in [0, 0.05) is 0 Å². The summed E-state index contributed by atoms with van der Waals surface area (Å²) in [5, 5.41) is 2.65. The standard InChI is InChI=1S/C7H16BN/c1-6(2)7(3)4-5-9-8/h6-7,9H,4-5H2,1-3H3. The first-order valence-electron chi connectivity index (χ1n) is 3.62. The molecule has 1 N–H and O–H groups in total. The molecule has 0 bridgehead atoms. The number of hydrogen-bond acceptors (Lipinski definition) is 1. The lowest BCUT2D eigenvalue weighted by molar-refractivity contribution is 0.393. The maximum absolute atomic E-state index is 5.13. The monoisotopic (exact) mass is 125 g/mol. The van der Waals surface area contributed by atoms with Gasteiger partial charge in [0.2, 0.25) is 0 Å². The zero-order valence-electron chi connectivity index (χ0n) is 6.65. The van der Waals surface area contributed by atoms with Crippen LogP contribution in [0.2, 0.25) is 0 Å². The van der Waals surface area contributed by atoms with Gasteiger partial charge in [-0.2, -0.15) is 0 Å². The van der Waals surface area contributed by atoms with Crippen molar-refractivity contribution in [1.29, 1.82) is 0 Å². The molecule has 0 aliphatic carbocycles. The molecule has 0 spiro atoms. The van der Waals surface area contributed by atoms with Gasteiger partial charge < -0.3 is 5.23 Å². The molecule has 9 heavy (non-hydrogen) atoms. The Bertz CT molecular complexity index is 63.9. The van der Waals surface area contributed by atoms with E-state index in [2.05, 4.69) is 26.0 Å². The molecule has 1 nitrogen and oxygen atoms in total. The summed E-state index contributed by atoms with van der Waals surface area (Å²) < 4.78 is 0. The second-order valence-corrected chi connectivity index (χ2v) is 2.96. The van der Waals surface area contributed by atoms with E-state index >= 15 is 0 Å². The largest absolute Gasteiger partial charge is 0.366 e. The summed E-state index contributed by atoms with van der Waals surface area (Å²) in [4.78, 5) is 0. The molecule has 1 unspecified atom stereocenters. The molecule has 0 heterocycles. The van der Waals surface area contributed by atoms with Gasteiger partial charge in [0.25, 0.3) is 0 Å². The minimum absolute atomic E-state index is 0.776. The molecule has 0 saturated heterocycles. The van der Waals surface area contributed by atoms with Crippen LogP contribution < -0.4 is 5.23 Å². The van der Waals surface area contributed by atoms with Gasteiger partial charge in [0.05, 0.1) is 0 Å². The zero-order chi connectivity index (χ0) is 7.28. The Labute approximate surface area is 59.7 Å². The predicted octanol–water partition coefficient (Wildman–Crippen LogP) is 1.34. The fourth-order valence-corrected chi connectivity index (χ4v) is 0.644. The van der Waals surface area contributed by atoms with Crippen molar-refractivity contribution in [2.24, 2.45) is 11.8 Å². The van der Waals surface area contributed by atoms with Crippen LogP contribution >= 0.6 is 0 Å². The van der Waals surface area contributed by atoms with Gasteiger partial charge in [-0.05, 0) is 24.8 Å². The summed E-state index contributed by atoms with van der Waals surface area (Å²) in [6.07, 6.45) is 1.17. The Hall–Kier alpha value is 0.0249. The number of rotatable bonds is 4. The Balaban J connectivity index is 3.16. The van der Waals surface area contributed by atoms with Crippen LogP contribution in [0.5, 0.6) is 0 Å². The first kappa shape index (κ1) is 9.02. The number of hydrogen-bond donors (Lipinski definition) is 1. The van der Waals surface area contributed by atoms with E-state index in [0.29, 0.717) is 0 Å². The fraction of sp³-hybridized carbons (Fsp3) is 1.00. The highest BCUT2D eigenvalue weighted by molar-refractivity contribution is 6.04. The minimum Gasteiger partial charge on any atom is -0.366 e. The summed E-state index contributed by atoms with van der Waals surface area (Å²) in [5.41, 5.74) is 0. The first-order chi connectivity index (χ1) is 4.18. The van der Waals surface area contributed by atoms with E-state index < -0.39 is 0 Å². The Morgan fingerprint density at radius 1 is 1.33 bits per heavy atom. The highest BCUT2D eigenvalue weighted by atomic mass is 14.7. The van der Waals surface area contributed by atoms with Crippen LogP contribution in [-0.2, 0) is 0 Å². The Kier molecular flexibility index (Phi) is 4.88. The molecule has 2 heteroatoms. The lowest BCUT2D eigenvalue weighted by Crippen LogP contribution is -2.15. The van der Waals surface area contributed by atoms with Gasteiger partial charge in [-0.25, -0.2) is 0 Å². The third kappa shape index (κ3) is 4.52. The summed E-state index contributed by atoms with van der Waals surface area (Å²) in [6, 6.07) is 0. The van der Waals surface area contributed by atoms with Crippen LogP contribution in [0.25, 0.3) is 0 Å². The van der Waals surface area contributed by atoms with E-state index in [1.54, 1.807) is 0 Å². The van der Waals surface area contributed by atoms with Crippen molar-refractivity contribution in [2.45, 2.75) is 27.2 Å². The van der Waals surface area contributed by atoms with Crippen molar-refractivity contribution >= 4 is 7.98 Å². The zero-order valence-corrected chi connectivity index (χ0v) is 6.65. The van der Waals surface area contributed by atoms with E-state index in [1.807, 2.05) is 0 Å². The Morgan fingerprint density at radius 2 is 1.89 bits per heavy atom. The van der Waals surface area contributed by atoms with Crippen molar-refractivity contribution in [3.63, 3.8) is 0 Å². The van der Waals surface area contributed by atoms with Gasteiger partial charge in [0.15, 0.2) is 7.98 Å². The molecule has 52 valence electrons. The average molecular weight is 125 g/mol. The normalized spacial score (nSPS) is 14.2. The third-order valence-corrected chi connectivity index (χ3v) is 1.88. The summed E-state index contributed by atoms with van der Waals surface area (Å²) in [6.45, 7) is 7.66. The van der Waals surface area contributed by atoms with Gasteiger partial charge in [-0.15, -0.1) is 0 Å². The third-order valence-electron chi connectivity index (χ3n) is 1.88. The molecule has 0 saturated carbocycles. The van der Waals surface area contributed by atoms with Gasteiger partial charge >= 0.3 is 0 Å². The quantitative estimate of drug-likeness (QED) is 0.559. The molecular formula is C7H16BN. The maximum atomic E-state index is 5.13. The van der Waals surface area contributed by atoms with Crippen LogP contribution in [0.15, 0.2) is 0 Å². The summed E-state index contributed by atoms with van der Waals surface area (Å²) in [7, 11) is 5.13. The second kappa shape index (κ2) is 4.86. The molecule has 0 aliphatic heterocycles. The molecular weight excluding hydrogens is 109 g/mol. The molecule has 0 aromatic heterocycles. The molecule has 0 aromatic rings. The van der Waals surface area contributed by atoms with E-state index in [0.717, 1.165) is 18.4 Å². The van der Waals surface area contributed by atoms with Gasteiger partial charge in [0.1, 0.15) is 0 Å². The molecule has 0 aliphatic rings. The van der Waals surface area contributed by atoms with Gasteiger partial charge in [-0.1, -0.05) is 20.8 Å².